The molecule has 21 nitrogen and oxygen atoms in total. The molecule has 0 radical (unpaired) electrons. The summed E-state index contributed by atoms with van der Waals surface area (Å²) in [4.78, 5) is 99.2. The highest BCUT2D eigenvalue weighted by Crippen LogP contribution is 2.51. The van der Waals surface area contributed by atoms with Crippen molar-refractivity contribution < 1.29 is 77.3 Å². The maximum absolute atomic E-state index is 15.0. The Morgan fingerprint density at radius 1 is 0.936 bits per heavy atom. The van der Waals surface area contributed by atoms with E-state index in [1.807, 2.05) is 23.6 Å². The summed E-state index contributed by atoms with van der Waals surface area (Å²) < 4.78 is 35.7. The summed E-state index contributed by atoms with van der Waals surface area (Å²) >= 11 is 0. The number of aliphatic hydroxyl groups is 2. The lowest BCUT2D eigenvalue weighted by Crippen LogP contribution is -2.46. The molecule has 21 heteroatoms. The smallest absolute Gasteiger partial charge is 0.312 e. The molecule has 0 saturated carbocycles. The zero-order valence-electron chi connectivity index (χ0n) is 45.4. The van der Waals surface area contributed by atoms with Crippen LogP contribution < -0.4 is 20.4 Å². The van der Waals surface area contributed by atoms with Gasteiger partial charge < -0.3 is 73.2 Å². The molecule has 2 aromatic carbocycles. The second-order valence-electron chi connectivity index (χ2n) is 20.7. The maximum atomic E-state index is 15.0. The van der Waals surface area contributed by atoms with Gasteiger partial charge in [-0.3, -0.25) is 24.0 Å². The Morgan fingerprint density at radius 2 is 1.62 bits per heavy atom. The zero-order chi connectivity index (χ0) is 57.2. The monoisotopic (exact) mass is 1080 g/mol. The van der Waals surface area contributed by atoms with Crippen molar-refractivity contribution in [3.05, 3.63) is 82.1 Å². The van der Waals surface area contributed by atoms with Crippen molar-refractivity contribution >= 4 is 69.4 Å². The number of benzene rings is 3. The Hall–Kier alpha value is -7.78. The third-order valence-corrected chi connectivity index (χ3v) is 15.2. The Balaban J connectivity index is 1.29. The van der Waals surface area contributed by atoms with Crippen molar-refractivity contribution in [1.82, 2.24) is 9.88 Å². The standard InChI is InChI=1S/C57H68N4O17/c1-27-17-22-73-57(11)55(71)44-42-43(50(69)33(7)53(44)78-57)51(70)47(59-56(72)29(3)14-12-13-28(2)48(67)31(5)49(68)32(6)52(30(27)4)75-35(9)64)54-46(42)58-45-39(65)23-38(24-40(45)77-54)61-20-18-60(19-21-61)34(8)74-36(10)76-41(66)16-15-37(25-62)26-63/h12-14,17,22-28,30-32,36-37,48-49,52,65,67-69H,8,15-16,18-21H2,1-7,9-11H3,(H,59,72)/b13-12+,22-17+,29-14-/t27-,28-,30+,31+,32+,36?,48-,49+,52+,57-/m0/s1. The number of Topliss-reactive ketones (excluding diaryl/α,β-unsaturated/α-hetero) is 1. The molecular weight excluding hydrogens is 1010 g/mol. The predicted molar refractivity (Wildman–Crippen MR) is 285 cm³/mol. The maximum Gasteiger partial charge on any atom is 0.312 e. The highest BCUT2D eigenvalue weighted by Gasteiger charge is 2.50. The van der Waals surface area contributed by atoms with E-state index in [9.17, 15) is 54.0 Å². The molecule has 8 rings (SSSR count). The van der Waals surface area contributed by atoms with Crippen LogP contribution in [-0.2, 0) is 42.9 Å². The molecule has 0 spiro atoms. The summed E-state index contributed by atoms with van der Waals surface area (Å²) in [7, 11) is 0. The van der Waals surface area contributed by atoms with Gasteiger partial charge in [0.1, 0.15) is 52.8 Å². The fourth-order valence-electron chi connectivity index (χ4n) is 10.1. The summed E-state index contributed by atoms with van der Waals surface area (Å²) in [6.45, 7) is 21.4. The van der Waals surface area contributed by atoms with Crippen molar-refractivity contribution in [2.45, 2.75) is 112 Å². The first-order valence-corrected chi connectivity index (χ1v) is 25.9. The van der Waals surface area contributed by atoms with Gasteiger partial charge in [-0.15, -0.1) is 0 Å². The van der Waals surface area contributed by atoms with E-state index in [1.54, 1.807) is 45.1 Å². The van der Waals surface area contributed by atoms with Crippen molar-refractivity contribution in [1.29, 1.82) is 0 Å². The minimum atomic E-state index is -2.08. The van der Waals surface area contributed by atoms with Crippen molar-refractivity contribution in [3.63, 3.8) is 0 Å². The molecule has 1 unspecified atom stereocenters. The number of ketones is 1. The Labute approximate surface area is 450 Å². The number of aromatic hydroxyl groups is 2. The lowest BCUT2D eigenvalue weighted by atomic mass is 9.77. The summed E-state index contributed by atoms with van der Waals surface area (Å²) in [5.74, 6) is -9.66. The molecule has 418 valence electrons. The van der Waals surface area contributed by atoms with E-state index in [0.717, 1.165) is 0 Å². The van der Waals surface area contributed by atoms with E-state index < -0.39 is 112 Å². The van der Waals surface area contributed by atoms with Crippen molar-refractivity contribution in [2.24, 2.45) is 35.5 Å². The number of amides is 1. The Bertz CT molecular complexity index is 3150. The molecule has 78 heavy (non-hydrogen) atoms. The van der Waals surface area contributed by atoms with Crippen LogP contribution in [-0.4, -0.2) is 123 Å². The number of piperazine rings is 1. The van der Waals surface area contributed by atoms with Gasteiger partial charge in [0, 0.05) is 105 Å². The van der Waals surface area contributed by atoms with Crippen molar-refractivity contribution in [2.75, 3.05) is 36.4 Å². The molecule has 10 atom stereocenters. The second kappa shape index (κ2) is 23.4. The molecule has 6 aliphatic rings. The number of esters is 2. The first-order chi connectivity index (χ1) is 36.8. The Morgan fingerprint density at radius 3 is 2.27 bits per heavy atom. The summed E-state index contributed by atoms with van der Waals surface area (Å²) in [6, 6.07) is 3.06. The molecule has 1 fully saturated rings. The number of hydrogen-bond acceptors (Lipinski definition) is 20. The number of hydrogen-bond donors (Lipinski definition) is 5. The van der Waals surface area contributed by atoms with Gasteiger partial charge >= 0.3 is 17.7 Å². The number of carbonyl (C=O) groups is 6. The zero-order valence-corrected chi connectivity index (χ0v) is 45.4. The fraction of sp³-hybridized carbons (Fsp3) is 0.474. The quantitative estimate of drug-likeness (QED) is 0.0202. The van der Waals surface area contributed by atoms with Crippen LogP contribution in [0.25, 0.3) is 33.3 Å². The number of ether oxygens (including phenoxy) is 5. The second-order valence-corrected chi connectivity index (χ2v) is 20.7. The molecule has 5 heterocycles. The molecular formula is C57H68N4O17. The number of nitrogens with one attached hydrogen (secondary N) is 1. The van der Waals surface area contributed by atoms with Gasteiger partial charge in [0.25, 0.3) is 11.7 Å². The highest BCUT2D eigenvalue weighted by atomic mass is 16.7. The Kier molecular flexibility index (Phi) is 17.4. The summed E-state index contributed by atoms with van der Waals surface area (Å²) in [5.41, 5.74) is -1.30. The fourth-order valence-corrected chi connectivity index (χ4v) is 10.1. The minimum Gasteiger partial charge on any atom is -0.507 e. The number of fused-ring (bicyclic) bond motifs is 14. The minimum absolute atomic E-state index is 0.00223. The number of anilines is 2. The van der Waals surface area contributed by atoms with Gasteiger partial charge in [-0.05, 0) is 44.8 Å². The van der Waals surface area contributed by atoms with Gasteiger partial charge in [-0.2, -0.15) is 0 Å². The number of aliphatic hydroxyl groups excluding tert-OH is 2. The molecule has 5 bridgehead atoms. The highest BCUT2D eigenvalue weighted by molar-refractivity contribution is 6.22. The summed E-state index contributed by atoms with van der Waals surface area (Å²) in [6.07, 6.45) is 4.27. The number of aromatic nitrogens is 1. The number of aldehydes is 2. The molecule has 5 aliphatic heterocycles. The predicted octanol–water partition coefficient (Wildman–Crippen LogP) is 6.57. The van der Waals surface area contributed by atoms with Crippen LogP contribution in [0, 0.1) is 42.4 Å². The molecule has 1 amide bonds. The molecule has 0 aromatic heterocycles. The molecule has 1 saturated heterocycles. The first-order valence-electron chi connectivity index (χ1n) is 25.9. The van der Waals surface area contributed by atoms with Gasteiger partial charge in [0.2, 0.25) is 11.7 Å². The van der Waals surface area contributed by atoms with Crippen LogP contribution in [0.2, 0.25) is 0 Å². The third kappa shape index (κ3) is 11.6. The van der Waals surface area contributed by atoms with E-state index >= 15 is 0 Å². The van der Waals surface area contributed by atoms with Crippen LogP contribution in [0.4, 0.5) is 11.4 Å². The number of phenols is 2. The first kappa shape index (κ1) is 57.9. The lowest BCUT2D eigenvalue weighted by Gasteiger charge is -2.38. The summed E-state index contributed by atoms with van der Waals surface area (Å²) in [5, 5.41) is 48.8. The average Bonchev–Trinajstić information content (AvgIpc) is 3.31. The lowest BCUT2D eigenvalue weighted by molar-refractivity contribution is -0.172. The van der Waals surface area contributed by atoms with Crippen LogP contribution in [0.3, 0.4) is 0 Å². The van der Waals surface area contributed by atoms with Crippen molar-refractivity contribution in [3.8, 4) is 28.7 Å². The van der Waals surface area contributed by atoms with Crippen LogP contribution in [0.1, 0.15) is 91.1 Å². The molecule has 5 N–H and O–H groups in total. The number of allylic oxidation sites excluding steroid dienone is 3. The van der Waals surface area contributed by atoms with E-state index in [0.29, 0.717) is 44.4 Å². The van der Waals surface area contributed by atoms with Gasteiger partial charge in [0.15, 0.2) is 17.2 Å². The SMILES string of the molecule is C=C(OC(C)OC(=O)CCC(C=O)C=O)N1CCN(c2cc(O)c3nc4c5c6c7c(C)c(O)c5c(=O)c(c-4oc3c2)NC(=O)/C(C)=C\C=C\[C@H](C)[C@H](O)[C@@H](C)[C@@H](O)[C@@H](C)[C@H](OC(C)=O)[C@H](C)[C@@H](C)/C=C/O[C@@](C)(O7)C6=O)CC1. The third-order valence-electron chi connectivity index (χ3n) is 15.2. The largest absolute Gasteiger partial charge is 0.507 e. The van der Waals surface area contributed by atoms with E-state index in [2.05, 4.69) is 11.9 Å². The average molecular weight is 1080 g/mol. The molecule has 2 aromatic rings. The van der Waals surface area contributed by atoms with Gasteiger partial charge in [-0.1, -0.05) is 52.8 Å². The number of rotatable bonds is 11. The number of phenolic OH excluding ortho intramolecular Hbond substituents is 2. The van der Waals surface area contributed by atoms with Crippen LogP contribution >= 0.6 is 0 Å². The topological polar surface area (TPSA) is 291 Å². The van der Waals surface area contributed by atoms with Gasteiger partial charge in [0.05, 0.1) is 35.3 Å². The number of nitrogens with zero attached hydrogens (tertiary/aromatic N) is 3. The van der Waals surface area contributed by atoms with Crippen LogP contribution in [0.5, 0.6) is 17.2 Å². The molecule has 1 aliphatic carbocycles. The van der Waals surface area contributed by atoms with E-state index in [4.69, 9.17) is 33.1 Å². The van der Waals surface area contributed by atoms with Crippen LogP contribution in [0.15, 0.2) is 69.9 Å². The van der Waals surface area contributed by atoms with E-state index in [-0.39, 0.29) is 74.9 Å². The normalized spacial score (nSPS) is 27.1. The van der Waals surface area contributed by atoms with Gasteiger partial charge in [-0.25, -0.2) is 4.98 Å². The number of carbonyl (C=O) groups excluding carboxylic acids is 6. The van der Waals surface area contributed by atoms with E-state index in [1.165, 1.54) is 53.0 Å².